The van der Waals surface area contributed by atoms with E-state index in [4.69, 9.17) is 9.47 Å². The van der Waals surface area contributed by atoms with Crippen molar-refractivity contribution in [2.24, 2.45) is 0 Å². The molecule has 1 aromatic carbocycles. The fourth-order valence-electron chi connectivity index (χ4n) is 2.28. The lowest BCUT2D eigenvalue weighted by Gasteiger charge is -2.24. The summed E-state index contributed by atoms with van der Waals surface area (Å²) in [5.41, 5.74) is 1.92. The zero-order chi connectivity index (χ0) is 12.8. The molecule has 0 spiro atoms. The maximum absolute atomic E-state index is 12.2. The third-order valence-electron chi connectivity index (χ3n) is 3.30. The van der Waals surface area contributed by atoms with E-state index >= 15 is 0 Å². The highest BCUT2D eigenvalue weighted by atomic mass is 32.2. The number of carbonyl (C=O) groups excluding carboxylic acids is 1. The van der Waals surface area contributed by atoms with E-state index in [9.17, 15) is 4.79 Å². The maximum Gasteiger partial charge on any atom is 0.191 e. The summed E-state index contributed by atoms with van der Waals surface area (Å²) < 4.78 is 10.9. The van der Waals surface area contributed by atoms with Crippen molar-refractivity contribution in [2.75, 3.05) is 13.2 Å². The van der Waals surface area contributed by atoms with Gasteiger partial charge in [-0.3, -0.25) is 4.79 Å². The minimum Gasteiger partial charge on any atom is -0.485 e. The average molecular weight is 272 g/mol. The highest BCUT2D eigenvalue weighted by molar-refractivity contribution is 8.18. The van der Waals surface area contributed by atoms with Crippen LogP contribution < -0.4 is 0 Å². The Kier molecular flexibility index (Phi) is 2.47. The lowest BCUT2D eigenvalue weighted by Crippen LogP contribution is -2.11. The molecule has 1 fully saturated rings. The summed E-state index contributed by atoms with van der Waals surface area (Å²) in [7, 11) is -0.248. The first-order chi connectivity index (χ1) is 9.33. The highest BCUT2D eigenvalue weighted by Gasteiger charge is 2.28. The Bertz CT molecular complexity index is 666. The number of carbonyl (C=O) groups is 1. The smallest absolute Gasteiger partial charge is 0.191 e. The molecule has 1 saturated heterocycles. The first-order valence-corrected chi connectivity index (χ1v) is 7.50. The van der Waals surface area contributed by atoms with Gasteiger partial charge in [-0.25, -0.2) is 0 Å². The molecule has 3 aliphatic heterocycles. The minimum atomic E-state index is -0.248. The molecule has 0 aromatic heterocycles. The largest absolute Gasteiger partial charge is 0.485 e. The van der Waals surface area contributed by atoms with Gasteiger partial charge in [-0.05, 0) is 17.0 Å². The van der Waals surface area contributed by atoms with Gasteiger partial charge in [0.05, 0.1) is 6.61 Å². The normalized spacial score (nSPS) is 26.3. The standard InChI is InChI=1S/C15H12O3S/c16-13-7-14(18-9-11-8-17-11)19-6-2-4-10-3-1-5-12(13)15(10)19/h1-7,11H,8-9H2. The van der Waals surface area contributed by atoms with E-state index in [0.717, 1.165) is 27.7 Å². The van der Waals surface area contributed by atoms with Gasteiger partial charge in [0.15, 0.2) is 10.9 Å². The zero-order valence-electron chi connectivity index (χ0n) is 10.2. The number of benzene rings is 1. The molecule has 3 heterocycles. The van der Waals surface area contributed by atoms with Crippen molar-refractivity contribution in [3.8, 4) is 0 Å². The summed E-state index contributed by atoms with van der Waals surface area (Å²) in [6, 6.07) is 5.87. The summed E-state index contributed by atoms with van der Waals surface area (Å²) in [6.07, 6.45) is 5.92. The van der Waals surface area contributed by atoms with E-state index in [1.807, 2.05) is 30.4 Å². The van der Waals surface area contributed by atoms with E-state index in [1.165, 1.54) is 0 Å². The monoisotopic (exact) mass is 272 g/mol. The Morgan fingerprint density at radius 1 is 1.42 bits per heavy atom. The van der Waals surface area contributed by atoms with Gasteiger partial charge < -0.3 is 9.47 Å². The van der Waals surface area contributed by atoms with Crippen molar-refractivity contribution in [3.05, 3.63) is 46.6 Å². The van der Waals surface area contributed by atoms with Gasteiger partial charge in [-0.2, -0.15) is 0 Å². The summed E-state index contributed by atoms with van der Waals surface area (Å²) in [5.74, 6) is 0.0380. The van der Waals surface area contributed by atoms with E-state index < -0.39 is 0 Å². The number of hydrogen-bond donors (Lipinski definition) is 0. The Labute approximate surface area is 113 Å². The molecule has 4 rings (SSSR count). The molecule has 0 saturated carbocycles. The number of epoxide rings is 1. The van der Waals surface area contributed by atoms with Crippen molar-refractivity contribution in [2.45, 2.75) is 11.0 Å². The third-order valence-corrected chi connectivity index (χ3v) is 5.29. The van der Waals surface area contributed by atoms with E-state index in [0.29, 0.717) is 6.61 Å². The number of hydrogen-bond acceptors (Lipinski definition) is 3. The van der Waals surface area contributed by atoms with Crippen molar-refractivity contribution >= 4 is 27.7 Å². The number of allylic oxidation sites excluding steroid dienone is 2. The van der Waals surface area contributed by atoms with E-state index in [2.05, 4.69) is 5.37 Å². The molecule has 0 radical (unpaired) electrons. The zero-order valence-corrected chi connectivity index (χ0v) is 11.0. The predicted molar refractivity (Wildman–Crippen MR) is 75.5 cm³/mol. The van der Waals surface area contributed by atoms with Crippen LogP contribution in [0.5, 0.6) is 0 Å². The lowest BCUT2D eigenvalue weighted by molar-refractivity contribution is 0.103. The number of ether oxygens (including phenoxy) is 2. The second-order valence-electron chi connectivity index (χ2n) is 4.65. The van der Waals surface area contributed by atoms with Gasteiger partial charge in [0, 0.05) is 16.5 Å². The molecule has 3 nitrogen and oxygen atoms in total. The minimum absolute atomic E-state index is 0.0380. The van der Waals surface area contributed by atoms with Crippen LogP contribution in [0.15, 0.2) is 40.3 Å². The van der Waals surface area contributed by atoms with Gasteiger partial charge in [-0.1, -0.05) is 34.8 Å². The van der Waals surface area contributed by atoms with Crippen LogP contribution in [0.3, 0.4) is 0 Å². The van der Waals surface area contributed by atoms with Crippen LogP contribution in [0.1, 0.15) is 15.9 Å². The van der Waals surface area contributed by atoms with Crippen LogP contribution >= 0.6 is 10.5 Å². The summed E-state index contributed by atoms with van der Waals surface area (Å²) in [4.78, 5) is 13.3. The Balaban J connectivity index is 1.78. The van der Waals surface area contributed by atoms with Crippen molar-refractivity contribution < 1.29 is 14.3 Å². The topological polar surface area (TPSA) is 38.8 Å². The molecule has 1 aromatic rings. The molecule has 0 aliphatic carbocycles. The lowest BCUT2D eigenvalue weighted by atomic mass is 10.1. The molecule has 2 atom stereocenters. The van der Waals surface area contributed by atoms with Crippen molar-refractivity contribution in [3.63, 3.8) is 0 Å². The number of rotatable bonds is 3. The second kappa shape index (κ2) is 4.18. The Morgan fingerprint density at radius 2 is 2.32 bits per heavy atom. The Morgan fingerprint density at radius 3 is 3.16 bits per heavy atom. The van der Waals surface area contributed by atoms with Crippen LogP contribution in [0.2, 0.25) is 0 Å². The molecule has 0 bridgehead atoms. The van der Waals surface area contributed by atoms with Crippen molar-refractivity contribution in [1.82, 2.24) is 0 Å². The van der Waals surface area contributed by atoms with Crippen LogP contribution in [0.4, 0.5) is 0 Å². The highest BCUT2D eigenvalue weighted by Crippen LogP contribution is 2.45. The quantitative estimate of drug-likeness (QED) is 0.627. The average Bonchev–Trinajstić information content (AvgIpc) is 3.25. The number of ketones is 1. The van der Waals surface area contributed by atoms with E-state index in [-0.39, 0.29) is 22.4 Å². The van der Waals surface area contributed by atoms with Crippen LogP contribution in [-0.2, 0) is 9.47 Å². The van der Waals surface area contributed by atoms with Gasteiger partial charge in [0.2, 0.25) is 0 Å². The Hall–Kier alpha value is -1.65. The van der Waals surface area contributed by atoms with Crippen molar-refractivity contribution in [1.29, 1.82) is 0 Å². The maximum atomic E-state index is 12.2. The van der Waals surface area contributed by atoms with Gasteiger partial charge in [0.25, 0.3) is 0 Å². The molecule has 0 amide bonds. The predicted octanol–water partition coefficient (Wildman–Crippen LogP) is 2.60. The molecule has 96 valence electrons. The summed E-state index contributed by atoms with van der Waals surface area (Å²) >= 11 is 0. The molecule has 0 N–H and O–H groups in total. The van der Waals surface area contributed by atoms with E-state index in [1.54, 1.807) is 6.08 Å². The van der Waals surface area contributed by atoms with Gasteiger partial charge >= 0.3 is 0 Å². The van der Waals surface area contributed by atoms with Crippen LogP contribution in [0, 0.1) is 0 Å². The fraction of sp³-hybridized carbons (Fsp3) is 0.200. The summed E-state index contributed by atoms with van der Waals surface area (Å²) in [5, 5.41) is 2.88. The molecule has 19 heavy (non-hydrogen) atoms. The third kappa shape index (κ3) is 1.88. The SMILES string of the molecule is O=C1C=C(OCC2CO2)S2=CC=Cc3cccc1c32. The second-order valence-corrected chi connectivity index (χ2v) is 6.41. The van der Waals surface area contributed by atoms with Gasteiger partial charge in [-0.15, -0.1) is 0 Å². The molecule has 2 unspecified atom stereocenters. The first-order valence-electron chi connectivity index (χ1n) is 6.21. The van der Waals surface area contributed by atoms with Crippen LogP contribution in [-0.4, -0.2) is 30.5 Å². The molecule has 4 heteroatoms. The fourth-order valence-corrected chi connectivity index (χ4v) is 4.21. The summed E-state index contributed by atoms with van der Waals surface area (Å²) in [6.45, 7) is 1.30. The molecular formula is C15H12O3S. The van der Waals surface area contributed by atoms with Gasteiger partial charge in [0.1, 0.15) is 12.7 Å². The first kappa shape index (κ1) is 11.2. The molecular weight excluding hydrogens is 260 g/mol. The molecule has 3 aliphatic rings. The van der Waals surface area contributed by atoms with Crippen LogP contribution in [0.25, 0.3) is 6.08 Å².